The third kappa shape index (κ3) is 5.68. The summed E-state index contributed by atoms with van der Waals surface area (Å²) in [4.78, 5) is 5.75. The Kier molecular flexibility index (Phi) is 7.60. The number of benzene rings is 5. The van der Waals surface area contributed by atoms with Gasteiger partial charge in [-0.3, -0.25) is 0 Å². The maximum absolute atomic E-state index is 9.59. The summed E-state index contributed by atoms with van der Waals surface area (Å²) in [5.74, 6) is 0.606. The quantitative estimate of drug-likeness (QED) is 0.155. The van der Waals surface area contributed by atoms with E-state index in [-0.39, 0.29) is 5.70 Å². The SMILES string of the molecule is [C-]#[N+]/C(C#N)=C1C=C(/C=C/c2ccc(N(c3ccccc3)c3cccc4ccccc34)cc2)OC(C)(c2ccccc2)C\1. The Labute approximate surface area is 252 Å². The van der Waals surface area contributed by atoms with E-state index in [9.17, 15) is 5.26 Å². The highest BCUT2D eigenvalue weighted by molar-refractivity contribution is 5.98. The molecule has 1 aliphatic rings. The van der Waals surface area contributed by atoms with Crippen LogP contribution in [0.5, 0.6) is 0 Å². The lowest BCUT2D eigenvalue weighted by atomic mass is 9.85. The summed E-state index contributed by atoms with van der Waals surface area (Å²) in [7, 11) is 0. The Bertz CT molecular complexity index is 1920. The molecule has 4 heteroatoms. The Morgan fingerprint density at radius 3 is 2.19 bits per heavy atom. The number of ether oxygens (including phenoxy) is 1. The van der Waals surface area contributed by atoms with E-state index in [0.29, 0.717) is 17.8 Å². The van der Waals surface area contributed by atoms with Gasteiger partial charge in [0.15, 0.2) is 0 Å². The van der Waals surface area contributed by atoms with Crippen molar-refractivity contribution in [1.82, 2.24) is 0 Å². The van der Waals surface area contributed by atoms with Crippen molar-refractivity contribution in [1.29, 1.82) is 5.26 Å². The zero-order valence-corrected chi connectivity index (χ0v) is 23.8. The summed E-state index contributed by atoms with van der Waals surface area (Å²) in [6, 6.07) is 45.6. The summed E-state index contributed by atoms with van der Waals surface area (Å²) in [6.45, 7) is 9.51. The summed E-state index contributed by atoms with van der Waals surface area (Å²) >= 11 is 0. The predicted molar refractivity (Wildman–Crippen MR) is 174 cm³/mol. The van der Waals surface area contributed by atoms with E-state index in [1.807, 2.05) is 61.5 Å². The van der Waals surface area contributed by atoms with Gasteiger partial charge in [0.25, 0.3) is 5.70 Å². The fraction of sp³-hybridized carbons (Fsp3) is 0.0769. The van der Waals surface area contributed by atoms with Crippen molar-refractivity contribution in [3.8, 4) is 6.07 Å². The summed E-state index contributed by atoms with van der Waals surface area (Å²) in [5.41, 5.74) is 5.31. The van der Waals surface area contributed by atoms with Crippen LogP contribution >= 0.6 is 0 Å². The van der Waals surface area contributed by atoms with Crippen LogP contribution in [-0.2, 0) is 10.3 Å². The predicted octanol–water partition coefficient (Wildman–Crippen LogP) is 10.2. The first-order valence-corrected chi connectivity index (χ1v) is 14.2. The highest BCUT2D eigenvalue weighted by Crippen LogP contribution is 2.41. The molecule has 1 heterocycles. The van der Waals surface area contributed by atoms with Gasteiger partial charge in [-0.25, -0.2) is 10.1 Å². The smallest absolute Gasteiger partial charge is 0.265 e. The molecule has 5 aromatic carbocycles. The summed E-state index contributed by atoms with van der Waals surface area (Å²) < 4.78 is 6.49. The second-order valence-corrected chi connectivity index (χ2v) is 10.6. The number of nitrogens with zero attached hydrogens (tertiary/aromatic N) is 3. The Balaban J connectivity index is 1.34. The van der Waals surface area contributed by atoms with Gasteiger partial charge in [0, 0.05) is 23.2 Å². The van der Waals surface area contributed by atoms with Crippen molar-refractivity contribution in [2.75, 3.05) is 4.90 Å². The summed E-state index contributed by atoms with van der Waals surface area (Å²) in [6.07, 6.45) is 6.16. The molecule has 0 saturated carbocycles. The van der Waals surface area contributed by atoms with E-state index in [0.717, 1.165) is 28.2 Å². The lowest BCUT2D eigenvalue weighted by Gasteiger charge is -2.36. The van der Waals surface area contributed by atoms with Crippen LogP contribution in [0.4, 0.5) is 17.1 Å². The fourth-order valence-electron chi connectivity index (χ4n) is 5.59. The molecule has 0 amide bonds. The van der Waals surface area contributed by atoms with Gasteiger partial charge in [-0.2, -0.15) is 0 Å². The zero-order chi connectivity index (χ0) is 29.6. The fourth-order valence-corrected chi connectivity index (χ4v) is 5.59. The molecule has 0 saturated heterocycles. The topological polar surface area (TPSA) is 40.6 Å². The molecular weight excluding hydrogens is 526 g/mol. The second kappa shape index (κ2) is 12.0. The van der Waals surface area contributed by atoms with Gasteiger partial charge in [0.1, 0.15) is 11.4 Å². The maximum Gasteiger partial charge on any atom is 0.265 e. The molecule has 0 N–H and O–H groups in total. The number of nitriles is 1. The largest absolute Gasteiger partial charge is 0.483 e. The molecule has 4 nitrogen and oxygen atoms in total. The van der Waals surface area contributed by atoms with Crippen LogP contribution in [-0.4, -0.2) is 0 Å². The van der Waals surface area contributed by atoms with E-state index in [1.165, 1.54) is 10.8 Å². The highest BCUT2D eigenvalue weighted by atomic mass is 16.5. The van der Waals surface area contributed by atoms with E-state index < -0.39 is 5.60 Å². The summed E-state index contributed by atoms with van der Waals surface area (Å²) in [5, 5.41) is 12.0. The molecule has 0 aliphatic carbocycles. The van der Waals surface area contributed by atoms with Gasteiger partial charge < -0.3 is 9.64 Å². The van der Waals surface area contributed by atoms with Gasteiger partial charge in [0.2, 0.25) is 0 Å². The molecule has 6 rings (SSSR count). The Morgan fingerprint density at radius 1 is 0.814 bits per heavy atom. The van der Waals surface area contributed by atoms with Crippen molar-refractivity contribution >= 4 is 33.9 Å². The van der Waals surface area contributed by atoms with Crippen molar-refractivity contribution in [2.45, 2.75) is 18.9 Å². The molecule has 1 atom stereocenters. The van der Waals surface area contributed by atoms with Gasteiger partial charge >= 0.3 is 0 Å². The number of para-hydroxylation sites is 1. The van der Waals surface area contributed by atoms with Gasteiger partial charge in [-0.1, -0.05) is 103 Å². The number of allylic oxidation sites excluding steroid dienone is 3. The van der Waals surface area contributed by atoms with Crippen LogP contribution in [0.3, 0.4) is 0 Å². The molecule has 0 radical (unpaired) electrons. The average molecular weight is 556 g/mol. The number of rotatable bonds is 6. The highest BCUT2D eigenvalue weighted by Gasteiger charge is 2.34. The minimum atomic E-state index is -0.698. The molecule has 1 aliphatic heterocycles. The second-order valence-electron chi connectivity index (χ2n) is 10.6. The van der Waals surface area contributed by atoms with Crippen LogP contribution in [0.15, 0.2) is 157 Å². The van der Waals surface area contributed by atoms with E-state index in [4.69, 9.17) is 11.3 Å². The third-order valence-corrected chi connectivity index (χ3v) is 7.71. The molecule has 0 bridgehead atoms. The average Bonchev–Trinajstić information content (AvgIpc) is 3.06. The van der Waals surface area contributed by atoms with Crippen LogP contribution in [0, 0.1) is 17.9 Å². The molecule has 0 aromatic heterocycles. The van der Waals surface area contributed by atoms with Gasteiger partial charge in [0.05, 0.1) is 18.3 Å². The van der Waals surface area contributed by atoms with Crippen molar-refractivity contribution in [3.05, 3.63) is 179 Å². The van der Waals surface area contributed by atoms with Crippen molar-refractivity contribution < 1.29 is 4.74 Å². The number of hydrogen-bond acceptors (Lipinski definition) is 3. The lowest BCUT2D eigenvalue weighted by Crippen LogP contribution is -2.29. The monoisotopic (exact) mass is 555 g/mol. The first-order valence-electron chi connectivity index (χ1n) is 14.2. The minimum absolute atomic E-state index is 0.0927. The number of hydrogen-bond donors (Lipinski definition) is 0. The first-order chi connectivity index (χ1) is 21.1. The Hall–Kier alpha value is -5.84. The van der Waals surface area contributed by atoms with E-state index in [2.05, 4.69) is 107 Å². The zero-order valence-electron chi connectivity index (χ0n) is 23.8. The van der Waals surface area contributed by atoms with Gasteiger partial charge in [-0.05, 0) is 71.5 Å². The van der Waals surface area contributed by atoms with Crippen LogP contribution < -0.4 is 4.90 Å². The lowest BCUT2D eigenvalue weighted by molar-refractivity contribution is 0.0143. The van der Waals surface area contributed by atoms with Crippen LogP contribution in [0.25, 0.3) is 21.7 Å². The van der Waals surface area contributed by atoms with Gasteiger partial charge in [-0.15, -0.1) is 0 Å². The standard InChI is InChI=1S/C39H29N3O/c1-39(32-14-5-3-6-15-32)27-31(37(28-40)41-2)26-35(43-39)25-22-29-20-23-34(24-21-29)42(33-16-7-4-8-17-33)38-19-11-13-30-12-9-10-18-36(30)38/h3-26H,27H2,1H3/b25-22+,37-31+. The first kappa shape index (κ1) is 27.3. The normalized spacial score (nSPS) is 17.4. The molecule has 0 fully saturated rings. The minimum Gasteiger partial charge on any atom is -0.483 e. The number of fused-ring (bicyclic) bond motifs is 1. The van der Waals surface area contributed by atoms with Crippen LogP contribution in [0.2, 0.25) is 0 Å². The van der Waals surface area contributed by atoms with E-state index >= 15 is 0 Å². The van der Waals surface area contributed by atoms with Crippen molar-refractivity contribution in [3.63, 3.8) is 0 Å². The molecule has 206 valence electrons. The molecular formula is C39H29N3O. The molecule has 5 aromatic rings. The number of anilines is 3. The van der Waals surface area contributed by atoms with Crippen molar-refractivity contribution in [2.24, 2.45) is 0 Å². The van der Waals surface area contributed by atoms with E-state index in [1.54, 1.807) is 0 Å². The molecule has 43 heavy (non-hydrogen) atoms. The third-order valence-electron chi connectivity index (χ3n) is 7.71. The molecule has 1 unspecified atom stereocenters. The Morgan fingerprint density at radius 2 is 1.47 bits per heavy atom. The van der Waals surface area contributed by atoms with Crippen LogP contribution in [0.1, 0.15) is 24.5 Å². The molecule has 0 spiro atoms. The maximum atomic E-state index is 9.59.